The average molecular weight is 292 g/mol. The minimum Gasteiger partial charge on any atom is -0.374 e. The molecule has 4 heteroatoms. The van der Waals surface area contributed by atoms with Crippen LogP contribution in [0.5, 0.6) is 0 Å². The van der Waals surface area contributed by atoms with E-state index < -0.39 is 0 Å². The lowest BCUT2D eigenvalue weighted by Crippen LogP contribution is -2.21. The van der Waals surface area contributed by atoms with E-state index >= 15 is 0 Å². The summed E-state index contributed by atoms with van der Waals surface area (Å²) in [6.45, 7) is 5.41. The van der Waals surface area contributed by atoms with Gasteiger partial charge in [0, 0.05) is 29.3 Å². The Balaban J connectivity index is 1.56. The van der Waals surface area contributed by atoms with E-state index in [9.17, 15) is 0 Å². The molecule has 1 N–H and O–H groups in total. The average Bonchev–Trinajstić information content (AvgIpc) is 2.89. The van der Waals surface area contributed by atoms with Crippen molar-refractivity contribution >= 4 is 11.3 Å². The van der Waals surface area contributed by atoms with Crippen molar-refractivity contribution in [3.05, 3.63) is 15.6 Å². The molecule has 4 rings (SSSR count). The van der Waals surface area contributed by atoms with Gasteiger partial charge in [0.25, 0.3) is 0 Å². The Morgan fingerprint density at radius 2 is 2.15 bits per heavy atom. The van der Waals surface area contributed by atoms with Crippen LogP contribution in [0.2, 0.25) is 0 Å². The predicted octanol–water partition coefficient (Wildman–Crippen LogP) is 3.55. The van der Waals surface area contributed by atoms with E-state index in [1.54, 1.807) is 0 Å². The molecule has 3 unspecified atom stereocenters. The van der Waals surface area contributed by atoms with Gasteiger partial charge in [-0.25, -0.2) is 4.98 Å². The molecule has 3 fully saturated rings. The second kappa shape index (κ2) is 5.08. The van der Waals surface area contributed by atoms with E-state index in [-0.39, 0.29) is 0 Å². The molecule has 1 aliphatic carbocycles. The molecule has 20 heavy (non-hydrogen) atoms. The van der Waals surface area contributed by atoms with Crippen LogP contribution in [0.25, 0.3) is 0 Å². The summed E-state index contributed by atoms with van der Waals surface area (Å²) in [4.78, 5) is 6.53. The maximum atomic E-state index is 6.01. The summed E-state index contributed by atoms with van der Waals surface area (Å²) in [6, 6.07) is 0.540. The largest absolute Gasteiger partial charge is 0.374 e. The molecule has 1 saturated carbocycles. The molecule has 3 aliphatic rings. The molecule has 1 aromatic heterocycles. The van der Waals surface area contributed by atoms with E-state index in [2.05, 4.69) is 19.2 Å². The molecular formula is C16H24N2OS. The Labute approximate surface area is 125 Å². The molecule has 2 aliphatic heterocycles. The van der Waals surface area contributed by atoms with Gasteiger partial charge in [0.05, 0.1) is 22.9 Å². The molecule has 2 bridgehead atoms. The quantitative estimate of drug-likeness (QED) is 0.901. The summed E-state index contributed by atoms with van der Waals surface area (Å²) in [5.41, 5.74) is 1.40. The van der Waals surface area contributed by atoms with Gasteiger partial charge in [0.1, 0.15) is 0 Å². The third-order valence-electron chi connectivity index (χ3n) is 4.80. The van der Waals surface area contributed by atoms with Crippen LogP contribution in [0.15, 0.2) is 0 Å². The van der Waals surface area contributed by atoms with Gasteiger partial charge in [-0.3, -0.25) is 0 Å². The van der Waals surface area contributed by atoms with Crippen LogP contribution in [-0.2, 0) is 11.3 Å². The van der Waals surface area contributed by atoms with Crippen molar-refractivity contribution in [2.24, 2.45) is 0 Å². The predicted molar refractivity (Wildman–Crippen MR) is 81.3 cm³/mol. The molecule has 3 nitrogen and oxygen atoms in total. The van der Waals surface area contributed by atoms with Crippen LogP contribution in [0, 0.1) is 0 Å². The maximum absolute atomic E-state index is 6.01. The lowest BCUT2D eigenvalue weighted by atomic mass is 9.90. The zero-order chi connectivity index (χ0) is 13.7. The minimum atomic E-state index is 0.462. The number of nitrogens with one attached hydrogen (secondary N) is 1. The molecule has 0 amide bonds. The Bertz CT molecular complexity index is 495. The van der Waals surface area contributed by atoms with Gasteiger partial charge in [0.2, 0.25) is 0 Å². The number of rotatable bonds is 5. The Hall–Kier alpha value is -0.450. The van der Waals surface area contributed by atoms with Crippen molar-refractivity contribution in [3.63, 3.8) is 0 Å². The summed E-state index contributed by atoms with van der Waals surface area (Å²) in [5.74, 6) is 1.34. The molecule has 0 radical (unpaired) electrons. The number of aromatic nitrogens is 1. The number of hydrogen-bond acceptors (Lipinski definition) is 4. The van der Waals surface area contributed by atoms with Gasteiger partial charge in [-0.05, 0) is 32.1 Å². The highest BCUT2D eigenvalue weighted by Gasteiger charge is 2.43. The highest BCUT2D eigenvalue weighted by atomic mass is 32.1. The van der Waals surface area contributed by atoms with Crippen molar-refractivity contribution in [1.82, 2.24) is 10.3 Å². The molecule has 2 saturated heterocycles. The second-order valence-corrected chi connectivity index (χ2v) is 8.00. The van der Waals surface area contributed by atoms with Crippen molar-refractivity contribution in [1.29, 1.82) is 0 Å². The summed E-state index contributed by atoms with van der Waals surface area (Å²) >= 11 is 1.95. The number of thiazole rings is 1. The van der Waals surface area contributed by atoms with E-state index in [0.717, 1.165) is 12.5 Å². The summed E-state index contributed by atoms with van der Waals surface area (Å²) in [7, 11) is 0. The molecule has 1 aromatic rings. The number of fused-ring (bicyclic) bond motifs is 2. The van der Waals surface area contributed by atoms with E-state index in [1.165, 1.54) is 47.7 Å². The van der Waals surface area contributed by atoms with E-state index in [0.29, 0.717) is 24.2 Å². The van der Waals surface area contributed by atoms with Crippen LogP contribution in [-0.4, -0.2) is 23.2 Å². The summed E-state index contributed by atoms with van der Waals surface area (Å²) < 4.78 is 6.01. The first-order valence-corrected chi connectivity index (χ1v) is 8.90. The van der Waals surface area contributed by atoms with Gasteiger partial charge in [-0.15, -0.1) is 11.3 Å². The molecule has 110 valence electrons. The SMILES string of the molecule is CC(C)NCc1sc(C2CC3CCC2O3)nc1C1CC1. The van der Waals surface area contributed by atoms with Crippen LogP contribution in [0.4, 0.5) is 0 Å². The van der Waals surface area contributed by atoms with Crippen molar-refractivity contribution < 1.29 is 4.74 Å². The van der Waals surface area contributed by atoms with Crippen LogP contribution < -0.4 is 5.32 Å². The first kappa shape index (κ1) is 13.2. The smallest absolute Gasteiger partial charge is 0.0989 e. The van der Waals surface area contributed by atoms with Gasteiger partial charge in [0.15, 0.2) is 0 Å². The molecule has 0 spiro atoms. The number of nitrogens with zero attached hydrogens (tertiary/aromatic N) is 1. The zero-order valence-electron chi connectivity index (χ0n) is 12.4. The number of hydrogen-bond donors (Lipinski definition) is 1. The van der Waals surface area contributed by atoms with Gasteiger partial charge in [-0.1, -0.05) is 13.8 Å². The van der Waals surface area contributed by atoms with Crippen LogP contribution >= 0.6 is 11.3 Å². The summed E-state index contributed by atoms with van der Waals surface area (Å²) in [5, 5.41) is 4.92. The van der Waals surface area contributed by atoms with E-state index in [4.69, 9.17) is 9.72 Å². The highest BCUT2D eigenvalue weighted by Crippen LogP contribution is 2.48. The van der Waals surface area contributed by atoms with E-state index in [1.807, 2.05) is 11.3 Å². The monoisotopic (exact) mass is 292 g/mol. The van der Waals surface area contributed by atoms with Crippen molar-refractivity contribution in [3.8, 4) is 0 Å². The van der Waals surface area contributed by atoms with Gasteiger partial charge < -0.3 is 10.1 Å². The Morgan fingerprint density at radius 1 is 1.30 bits per heavy atom. The third kappa shape index (κ3) is 2.42. The first-order chi connectivity index (χ1) is 9.70. The van der Waals surface area contributed by atoms with Crippen LogP contribution in [0.1, 0.15) is 73.4 Å². The standard InChI is InChI=1S/C16H24N2OS/c1-9(2)17-8-14-15(10-3-4-10)18-16(20-14)12-7-11-5-6-13(12)19-11/h9-13,17H,3-8H2,1-2H3. The zero-order valence-corrected chi connectivity index (χ0v) is 13.2. The Kier molecular flexibility index (Phi) is 3.36. The third-order valence-corrected chi connectivity index (χ3v) is 6.01. The van der Waals surface area contributed by atoms with Crippen molar-refractivity contribution in [2.75, 3.05) is 0 Å². The first-order valence-electron chi connectivity index (χ1n) is 8.09. The summed E-state index contributed by atoms with van der Waals surface area (Å²) in [6.07, 6.45) is 7.38. The van der Waals surface area contributed by atoms with Crippen molar-refractivity contribution in [2.45, 2.75) is 82.6 Å². The fourth-order valence-corrected chi connectivity index (χ4v) is 4.81. The minimum absolute atomic E-state index is 0.462. The second-order valence-electron chi connectivity index (χ2n) is 6.89. The normalized spacial score (nSPS) is 32.5. The molecule has 3 atom stereocenters. The fraction of sp³-hybridized carbons (Fsp3) is 0.812. The van der Waals surface area contributed by atoms with Gasteiger partial charge >= 0.3 is 0 Å². The maximum Gasteiger partial charge on any atom is 0.0989 e. The molecule has 3 heterocycles. The topological polar surface area (TPSA) is 34.1 Å². The lowest BCUT2D eigenvalue weighted by molar-refractivity contribution is 0.100. The van der Waals surface area contributed by atoms with Crippen LogP contribution in [0.3, 0.4) is 0 Å². The van der Waals surface area contributed by atoms with Gasteiger partial charge in [-0.2, -0.15) is 0 Å². The molecule has 0 aromatic carbocycles. The molecular weight excluding hydrogens is 268 g/mol. The highest BCUT2D eigenvalue weighted by molar-refractivity contribution is 7.11. The Morgan fingerprint density at radius 3 is 2.75 bits per heavy atom. The number of ether oxygens (including phenoxy) is 1. The fourth-order valence-electron chi connectivity index (χ4n) is 3.54. The lowest BCUT2D eigenvalue weighted by Gasteiger charge is -2.15.